The lowest BCUT2D eigenvalue weighted by molar-refractivity contribution is 0.0782. The van der Waals surface area contributed by atoms with Crippen LogP contribution in [-0.4, -0.2) is 39.9 Å². The monoisotopic (exact) mass is 272 g/mol. The van der Waals surface area contributed by atoms with E-state index in [4.69, 9.17) is 10.9 Å². The van der Waals surface area contributed by atoms with Gasteiger partial charge < -0.3 is 15.8 Å². The topological polar surface area (TPSA) is 91.8 Å². The highest BCUT2D eigenvalue weighted by Crippen LogP contribution is 2.17. The van der Waals surface area contributed by atoms with Gasteiger partial charge in [-0.25, -0.2) is 0 Å². The van der Waals surface area contributed by atoms with Crippen molar-refractivity contribution < 1.29 is 10.0 Å². The van der Waals surface area contributed by atoms with Crippen LogP contribution in [0.25, 0.3) is 10.8 Å². The zero-order valence-corrected chi connectivity index (χ0v) is 11.2. The second-order valence-corrected chi connectivity index (χ2v) is 4.29. The number of carbonyl (C=O) groups is 1. The van der Waals surface area contributed by atoms with E-state index in [0.29, 0.717) is 12.2 Å². The van der Waals surface area contributed by atoms with E-state index < -0.39 is 0 Å². The number of oxime groups is 1. The number of hydrogen-bond donors (Lipinski definition) is 2. The SMILES string of the molecule is CCN(CC(N)=NO)C(=O)c1nccc2ccccc12. The van der Waals surface area contributed by atoms with Gasteiger partial charge in [0.2, 0.25) is 0 Å². The maximum absolute atomic E-state index is 12.5. The number of amides is 1. The van der Waals surface area contributed by atoms with Crippen LogP contribution in [0.4, 0.5) is 0 Å². The molecule has 0 spiro atoms. The third-order valence-corrected chi connectivity index (χ3v) is 3.03. The molecule has 20 heavy (non-hydrogen) atoms. The summed E-state index contributed by atoms with van der Waals surface area (Å²) < 4.78 is 0. The average molecular weight is 272 g/mol. The van der Waals surface area contributed by atoms with Gasteiger partial charge in [-0.1, -0.05) is 29.4 Å². The number of pyridine rings is 1. The van der Waals surface area contributed by atoms with Crippen molar-refractivity contribution in [3.8, 4) is 0 Å². The summed E-state index contributed by atoms with van der Waals surface area (Å²) in [5, 5.41) is 13.2. The first-order valence-corrected chi connectivity index (χ1v) is 6.26. The predicted octanol–water partition coefficient (Wildman–Crippen LogP) is 1.44. The summed E-state index contributed by atoms with van der Waals surface area (Å²) in [5.41, 5.74) is 5.83. The first-order chi connectivity index (χ1) is 9.67. The second-order valence-electron chi connectivity index (χ2n) is 4.29. The Labute approximate surface area is 116 Å². The zero-order chi connectivity index (χ0) is 14.5. The Morgan fingerprint density at radius 2 is 2.15 bits per heavy atom. The van der Waals surface area contributed by atoms with Crippen molar-refractivity contribution >= 4 is 22.5 Å². The van der Waals surface area contributed by atoms with Gasteiger partial charge in [-0.05, 0) is 18.4 Å². The van der Waals surface area contributed by atoms with Crippen molar-refractivity contribution in [3.05, 3.63) is 42.2 Å². The van der Waals surface area contributed by atoms with E-state index in [0.717, 1.165) is 10.8 Å². The van der Waals surface area contributed by atoms with Gasteiger partial charge in [0.15, 0.2) is 5.84 Å². The van der Waals surface area contributed by atoms with E-state index in [9.17, 15) is 4.79 Å². The summed E-state index contributed by atoms with van der Waals surface area (Å²) in [7, 11) is 0. The fourth-order valence-electron chi connectivity index (χ4n) is 1.99. The molecule has 0 fully saturated rings. The van der Waals surface area contributed by atoms with Crippen LogP contribution < -0.4 is 5.73 Å². The van der Waals surface area contributed by atoms with Crippen molar-refractivity contribution in [2.45, 2.75) is 6.92 Å². The van der Waals surface area contributed by atoms with E-state index >= 15 is 0 Å². The van der Waals surface area contributed by atoms with Crippen LogP contribution in [0.5, 0.6) is 0 Å². The molecular weight excluding hydrogens is 256 g/mol. The molecule has 0 saturated carbocycles. The first kappa shape index (κ1) is 13.8. The Hall–Kier alpha value is -2.63. The summed E-state index contributed by atoms with van der Waals surface area (Å²) >= 11 is 0. The molecule has 1 amide bonds. The van der Waals surface area contributed by atoms with E-state index in [1.807, 2.05) is 37.3 Å². The van der Waals surface area contributed by atoms with Gasteiger partial charge in [0.25, 0.3) is 5.91 Å². The summed E-state index contributed by atoms with van der Waals surface area (Å²) in [6, 6.07) is 9.40. The fraction of sp³-hybridized carbons (Fsp3) is 0.214. The van der Waals surface area contributed by atoms with Crippen LogP contribution in [-0.2, 0) is 0 Å². The maximum Gasteiger partial charge on any atom is 0.273 e. The molecule has 1 aromatic heterocycles. The molecule has 104 valence electrons. The fourth-order valence-corrected chi connectivity index (χ4v) is 1.99. The lowest BCUT2D eigenvalue weighted by Gasteiger charge is -2.20. The minimum atomic E-state index is -0.240. The average Bonchev–Trinajstić information content (AvgIpc) is 2.51. The second kappa shape index (κ2) is 6.01. The Balaban J connectivity index is 2.39. The van der Waals surface area contributed by atoms with Crippen molar-refractivity contribution in [2.24, 2.45) is 10.9 Å². The molecule has 6 nitrogen and oxygen atoms in total. The highest BCUT2D eigenvalue weighted by molar-refractivity contribution is 6.06. The maximum atomic E-state index is 12.5. The van der Waals surface area contributed by atoms with E-state index in [1.165, 1.54) is 4.90 Å². The molecule has 0 aliphatic rings. The summed E-state index contributed by atoms with van der Waals surface area (Å²) in [5.74, 6) is -0.253. The van der Waals surface area contributed by atoms with Crippen LogP contribution in [0.2, 0.25) is 0 Å². The molecule has 2 rings (SSSR count). The van der Waals surface area contributed by atoms with Crippen LogP contribution in [0.15, 0.2) is 41.7 Å². The standard InChI is InChI=1S/C14H16N4O2/c1-2-18(9-12(15)17-20)14(19)13-11-6-4-3-5-10(11)7-8-16-13/h3-8,20H,2,9H2,1H3,(H2,15,17). The van der Waals surface area contributed by atoms with E-state index in [2.05, 4.69) is 10.1 Å². The Kier molecular flexibility index (Phi) is 4.14. The van der Waals surface area contributed by atoms with Crippen molar-refractivity contribution in [1.82, 2.24) is 9.88 Å². The molecule has 0 aliphatic heterocycles. The van der Waals surface area contributed by atoms with Gasteiger partial charge >= 0.3 is 0 Å². The van der Waals surface area contributed by atoms with Gasteiger partial charge in [-0.15, -0.1) is 0 Å². The quantitative estimate of drug-likeness (QED) is 0.381. The predicted molar refractivity (Wildman–Crippen MR) is 76.7 cm³/mol. The molecule has 0 bridgehead atoms. The lowest BCUT2D eigenvalue weighted by Crippen LogP contribution is -2.38. The minimum Gasteiger partial charge on any atom is -0.409 e. The molecular formula is C14H16N4O2. The summed E-state index contributed by atoms with van der Waals surface area (Å²) in [4.78, 5) is 18.2. The number of likely N-dealkylation sites (N-methyl/N-ethyl adjacent to an activating group) is 1. The first-order valence-electron chi connectivity index (χ1n) is 6.26. The molecule has 0 unspecified atom stereocenters. The van der Waals surface area contributed by atoms with Crippen molar-refractivity contribution in [3.63, 3.8) is 0 Å². The van der Waals surface area contributed by atoms with E-state index in [1.54, 1.807) is 6.20 Å². The normalized spacial score (nSPS) is 11.6. The molecule has 6 heteroatoms. The number of hydrogen-bond acceptors (Lipinski definition) is 4. The number of aromatic nitrogens is 1. The summed E-state index contributed by atoms with van der Waals surface area (Å²) in [6.45, 7) is 2.34. The van der Waals surface area contributed by atoms with E-state index in [-0.39, 0.29) is 18.3 Å². The molecule has 1 aromatic carbocycles. The Bertz CT molecular complexity index is 649. The minimum absolute atomic E-state index is 0.0135. The largest absolute Gasteiger partial charge is 0.409 e. The number of nitrogens with zero attached hydrogens (tertiary/aromatic N) is 3. The van der Waals surface area contributed by atoms with Gasteiger partial charge in [0.1, 0.15) is 5.69 Å². The molecule has 2 aromatic rings. The van der Waals surface area contributed by atoms with Gasteiger partial charge in [-0.2, -0.15) is 0 Å². The van der Waals surface area contributed by atoms with Crippen LogP contribution in [0, 0.1) is 0 Å². The summed E-state index contributed by atoms with van der Waals surface area (Å²) in [6.07, 6.45) is 1.60. The number of carbonyl (C=O) groups excluding carboxylic acids is 1. The molecule has 0 atom stereocenters. The lowest BCUT2D eigenvalue weighted by atomic mass is 10.1. The highest BCUT2D eigenvalue weighted by Gasteiger charge is 2.19. The molecule has 0 radical (unpaired) electrons. The van der Waals surface area contributed by atoms with Gasteiger partial charge in [0.05, 0.1) is 6.54 Å². The number of amidine groups is 1. The van der Waals surface area contributed by atoms with Crippen molar-refractivity contribution in [1.29, 1.82) is 0 Å². The molecule has 3 N–H and O–H groups in total. The smallest absolute Gasteiger partial charge is 0.273 e. The zero-order valence-electron chi connectivity index (χ0n) is 11.2. The van der Waals surface area contributed by atoms with Crippen molar-refractivity contribution in [2.75, 3.05) is 13.1 Å². The molecule has 0 aliphatic carbocycles. The molecule has 0 saturated heterocycles. The van der Waals surface area contributed by atoms with Crippen LogP contribution in [0.3, 0.4) is 0 Å². The Morgan fingerprint density at radius 3 is 2.85 bits per heavy atom. The Morgan fingerprint density at radius 1 is 1.40 bits per heavy atom. The third kappa shape index (κ3) is 2.69. The number of benzene rings is 1. The van der Waals surface area contributed by atoms with Crippen LogP contribution >= 0.6 is 0 Å². The highest BCUT2D eigenvalue weighted by atomic mass is 16.4. The molecule has 1 heterocycles. The van der Waals surface area contributed by atoms with Crippen LogP contribution in [0.1, 0.15) is 17.4 Å². The number of nitrogens with two attached hydrogens (primary N) is 1. The number of fused-ring (bicyclic) bond motifs is 1. The van der Waals surface area contributed by atoms with Gasteiger partial charge in [-0.3, -0.25) is 9.78 Å². The third-order valence-electron chi connectivity index (χ3n) is 3.03. The van der Waals surface area contributed by atoms with Gasteiger partial charge in [0, 0.05) is 18.1 Å². The number of rotatable bonds is 4.